The smallest absolute Gasteiger partial charge is 0.434 e. The van der Waals surface area contributed by atoms with Crippen LogP contribution in [0.1, 0.15) is 54.8 Å². The first kappa shape index (κ1) is 25.8. The van der Waals surface area contributed by atoms with Crippen molar-refractivity contribution < 1.29 is 18.7 Å². The summed E-state index contributed by atoms with van der Waals surface area (Å²) in [5, 5.41) is 16.5. The van der Waals surface area contributed by atoms with E-state index in [-0.39, 0.29) is 17.6 Å². The van der Waals surface area contributed by atoms with Crippen molar-refractivity contribution in [1.82, 2.24) is 10.2 Å². The predicted octanol–water partition coefficient (Wildman–Crippen LogP) is 5.00. The Morgan fingerprint density at radius 2 is 2.09 bits per heavy atom. The molecule has 178 valence electrons. The van der Waals surface area contributed by atoms with Crippen LogP contribution in [-0.2, 0) is 5.60 Å². The fourth-order valence-corrected chi connectivity index (χ4v) is 4.63. The molecule has 0 spiro atoms. The highest BCUT2D eigenvalue weighted by Gasteiger charge is 2.34. The number of hydrogen-bond acceptors (Lipinski definition) is 7. The van der Waals surface area contributed by atoms with Crippen molar-refractivity contribution in [3.63, 3.8) is 0 Å². The molecule has 3 atom stereocenters. The maximum Gasteiger partial charge on any atom is 0.434 e. The van der Waals surface area contributed by atoms with Gasteiger partial charge in [0.25, 0.3) is 0 Å². The fraction of sp³-hybridized carbons (Fsp3) is 0.364. The SMILES string of the molecule is CC1(O)CCOc2c(S)ccc(Cl)c21.Cc1c(Br)ccc(F)c1C(C)C(N)c1n[nH]c(=O)o1. The highest BCUT2D eigenvalue weighted by atomic mass is 79.9. The van der Waals surface area contributed by atoms with E-state index in [0.717, 1.165) is 10.0 Å². The number of thiol groups is 1. The van der Waals surface area contributed by atoms with Crippen LogP contribution in [0.25, 0.3) is 0 Å². The average molecular weight is 561 g/mol. The topological polar surface area (TPSA) is 114 Å². The highest BCUT2D eigenvalue weighted by molar-refractivity contribution is 9.10. The number of benzene rings is 2. The van der Waals surface area contributed by atoms with E-state index in [1.165, 1.54) is 6.07 Å². The van der Waals surface area contributed by atoms with Gasteiger partial charge in [-0.3, -0.25) is 0 Å². The Morgan fingerprint density at radius 1 is 1.39 bits per heavy atom. The summed E-state index contributed by atoms with van der Waals surface area (Å²) in [5.41, 5.74) is 6.96. The maximum absolute atomic E-state index is 14.0. The average Bonchev–Trinajstić information content (AvgIpc) is 3.19. The lowest BCUT2D eigenvalue weighted by Gasteiger charge is -2.32. The normalized spacial score (nSPS) is 19.1. The summed E-state index contributed by atoms with van der Waals surface area (Å²) in [7, 11) is 0. The Bertz CT molecular complexity index is 1220. The third-order valence-corrected chi connectivity index (χ3v) is 7.12. The molecular weight excluding hydrogens is 537 g/mol. The van der Waals surface area contributed by atoms with Crippen LogP contribution in [0.2, 0.25) is 5.02 Å². The van der Waals surface area contributed by atoms with E-state index in [1.54, 1.807) is 39.0 Å². The van der Waals surface area contributed by atoms with Gasteiger partial charge in [-0.2, -0.15) is 0 Å². The van der Waals surface area contributed by atoms with E-state index in [2.05, 4.69) is 38.8 Å². The molecule has 4 rings (SSSR count). The Balaban J connectivity index is 0.000000194. The second kappa shape index (κ2) is 10.2. The van der Waals surface area contributed by atoms with Crippen molar-refractivity contribution in [3.8, 4) is 5.75 Å². The summed E-state index contributed by atoms with van der Waals surface area (Å²) in [5.74, 6) is -0.733. The molecule has 1 aliphatic heterocycles. The second-order valence-corrected chi connectivity index (χ2v) is 9.72. The third-order valence-electron chi connectivity index (χ3n) is 5.59. The number of aliphatic hydroxyl groups is 1. The monoisotopic (exact) mass is 559 g/mol. The number of aromatic nitrogens is 2. The van der Waals surface area contributed by atoms with E-state index >= 15 is 0 Å². The molecule has 7 nitrogen and oxygen atoms in total. The van der Waals surface area contributed by atoms with Crippen molar-refractivity contribution in [2.24, 2.45) is 5.73 Å². The number of hydrogen-bond donors (Lipinski definition) is 4. The number of aromatic amines is 1. The molecule has 0 radical (unpaired) electrons. The van der Waals surface area contributed by atoms with E-state index in [9.17, 15) is 14.3 Å². The van der Waals surface area contributed by atoms with Gasteiger partial charge < -0.3 is 20.0 Å². The number of rotatable bonds is 3. The van der Waals surface area contributed by atoms with Crippen LogP contribution in [0.4, 0.5) is 4.39 Å². The minimum atomic E-state index is -0.913. The first-order valence-corrected chi connectivity index (χ1v) is 11.7. The first-order chi connectivity index (χ1) is 15.4. The van der Waals surface area contributed by atoms with Crippen LogP contribution in [0, 0.1) is 12.7 Å². The molecule has 0 aliphatic carbocycles. The van der Waals surface area contributed by atoms with Crippen molar-refractivity contribution in [2.45, 2.75) is 49.6 Å². The zero-order valence-corrected chi connectivity index (χ0v) is 21.4. The fourth-order valence-electron chi connectivity index (χ4n) is 3.68. The molecule has 3 unspecified atom stereocenters. The van der Waals surface area contributed by atoms with Gasteiger partial charge in [-0.05, 0) is 49.2 Å². The Labute approximate surface area is 209 Å². The predicted molar refractivity (Wildman–Crippen MR) is 130 cm³/mol. The highest BCUT2D eigenvalue weighted by Crippen LogP contribution is 2.44. The van der Waals surface area contributed by atoms with E-state index in [1.807, 2.05) is 0 Å². The lowest BCUT2D eigenvalue weighted by atomic mass is 9.90. The van der Waals surface area contributed by atoms with Gasteiger partial charge in [-0.15, -0.1) is 17.7 Å². The van der Waals surface area contributed by atoms with E-state index in [0.29, 0.717) is 39.8 Å². The molecule has 2 aromatic carbocycles. The minimum absolute atomic E-state index is 0.0660. The Kier molecular flexibility index (Phi) is 7.95. The molecule has 4 N–H and O–H groups in total. The Hall–Kier alpha value is -1.85. The number of halogens is 3. The third kappa shape index (κ3) is 5.46. The Morgan fingerprint density at radius 3 is 2.70 bits per heavy atom. The van der Waals surface area contributed by atoms with Crippen LogP contribution in [0.15, 0.2) is 42.8 Å². The van der Waals surface area contributed by atoms with Crippen molar-refractivity contribution >= 4 is 40.2 Å². The molecule has 0 saturated carbocycles. The standard InChI is InChI=1S/C12H13BrFN3O2.C10H11ClO2S/c1-5-7(13)3-4-8(14)9(5)6(2)10(15)11-16-17-12(18)19-11;1-10(12)4-5-13-9-7(14)3-2-6(11)8(9)10/h3-4,6,10H,15H2,1-2H3,(H,17,18);2-3,12,14H,4-5H2,1H3. The van der Waals surface area contributed by atoms with Crippen LogP contribution in [0.5, 0.6) is 5.75 Å². The van der Waals surface area contributed by atoms with Gasteiger partial charge in [0, 0.05) is 27.3 Å². The van der Waals surface area contributed by atoms with Crippen molar-refractivity contribution in [1.29, 1.82) is 0 Å². The van der Waals surface area contributed by atoms with Crippen molar-refractivity contribution in [3.05, 3.63) is 72.7 Å². The maximum atomic E-state index is 14.0. The van der Waals surface area contributed by atoms with Gasteiger partial charge in [0.2, 0.25) is 5.89 Å². The lowest BCUT2D eigenvalue weighted by Crippen LogP contribution is -2.30. The molecule has 1 aromatic heterocycles. The van der Waals surface area contributed by atoms with E-state index in [4.69, 9.17) is 26.5 Å². The van der Waals surface area contributed by atoms with Crippen LogP contribution in [0.3, 0.4) is 0 Å². The molecule has 1 aliphatic rings. The number of ether oxygens (including phenoxy) is 1. The zero-order valence-electron chi connectivity index (χ0n) is 18.2. The van der Waals surface area contributed by atoms with Gasteiger partial charge in [-0.25, -0.2) is 14.3 Å². The van der Waals surface area contributed by atoms with Gasteiger partial charge in [0.1, 0.15) is 11.6 Å². The molecule has 0 amide bonds. The molecule has 0 bridgehead atoms. The zero-order chi connectivity index (χ0) is 24.5. The van der Waals surface area contributed by atoms with Crippen molar-refractivity contribution in [2.75, 3.05) is 6.61 Å². The molecular formula is C22H24BrClFN3O4S. The molecule has 0 saturated heterocycles. The number of nitrogens with zero attached hydrogens (tertiary/aromatic N) is 1. The molecule has 2 heterocycles. The number of nitrogens with two attached hydrogens (primary N) is 1. The van der Waals surface area contributed by atoms with Gasteiger partial charge in [0.15, 0.2) is 0 Å². The van der Waals surface area contributed by atoms with Gasteiger partial charge in [0.05, 0.1) is 23.3 Å². The van der Waals surface area contributed by atoms with Gasteiger partial charge in [-0.1, -0.05) is 34.5 Å². The summed E-state index contributed by atoms with van der Waals surface area (Å²) < 4.78 is 25.0. The van der Waals surface area contributed by atoms with Crippen LogP contribution < -0.4 is 16.2 Å². The summed E-state index contributed by atoms with van der Waals surface area (Å²) in [6.45, 7) is 5.80. The minimum Gasteiger partial charge on any atom is -0.492 e. The second-order valence-electron chi connectivity index (χ2n) is 7.98. The first-order valence-electron chi connectivity index (χ1n) is 10.1. The summed E-state index contributed by atoms with van der Waals surface area (Å²) in [4.78, 5) is 11.6. The number of nitrogens with one attached hydrogen (secondary N) is 1. The summed E-state index contributed by atoms with van der Waals surface area (Å²) in [6.07, 6.45) is 0.553. The quantitative estimate of drug-likeness (QED) is 0.336. The summed E-state index contributed by atoms with van der Waals surface area (Å²) in [6, 6.07) is 5.80. The van der Waals surface area contributed by atoms with Crippen LogP contribution >= 0.6 is 40.2 Å². The van der Waals surface area contributed by atoms with Gasteiger partial charge >= 0.3 is 5.76 Å². The molecule has 3 aromatic rings. The molecule has 0 fully saturated rings. The number of fused-ring (bicyclic) bond motifs is 1. The summed E-state index contributed by atoms with van der Waals surface area (Å²) >= 11 is 13.6. The van der Waals surface area contributed by atoms with Crippen LogP contribution in [-0.4, -0.2) is 21.9 Å². The van der Waals surface area contributed by atoms with E-state index < -0.39 is 17.4 Å². The molecule has 11 heteroatoms. The lowest BCUT2D eigenvalue weighted by molar-refractivity contribution is 0.0136. The molecule has 33 heavy (non-hydrogen) atoms. The largest absolute Gasteiger partial charge is 0.492 e. The number of H-pyrrole nitrogens is 1.